The molecule has 4 heteroatoms. The smallest absolute Gasteiger partial charge is 0.193 e. The van der Waals surface area contributed by atoms with Gasteiger partial charge in [0.2, 0.25) is 0 Å². The summed E-state index contributed by atoms with van der Waals surface area (Å²) in [4.78, 5) is 6.65. The minimum atomic E-state index is 0.663. The maximum atomic E-state index is 5.37. The number of ether oxygens (including phenoxy) is 1. The fourth-order valence-corrected chi connectivity index (χ4v) is 1.82. The summed E-state index contributed by atoms with van der Waals surface area (Å²) in [5.41, 5.74) is 0. The molecule has 0 aromatic rings. The highest BCUT2D eigenvalue weighted by molar-refractivity contribution is 5.79. The van der Waals surface area contributed by atoms with Crippen LogP contribution in [-0.2, 0) is 4.74 Å². The van der Waals surface area contributed by atoms with Crippen molar-refractivity contribution in [1.82, 2.24) is 10.2 Å². The second-order valence-electron chi connectivity index (χ2n) is 3.94. The fraction of sp³-hybridized carbons (Fsp3) is 0.909. The van der Waals surface area contributed by atoms with Crippen LogP contribution in [0.5, 0.6) is 0 Å². The lowest BCUT2D eigenvalue weighted by Crippen LogP contribution is -2.41. The summed E-state index contributed by atoms with van der Waals surface area (Å²) in [7, 11) is 2.09. The molecule has 0 radical (unpaired) electrons. The summed E-state index contributed by atoms with van der Waals surface area (Å²) in [6, 6.07) is 0. The molecule has 1 N–H and O–H groups in total. The van der Waals surface area contributed by atoms with Crippen LogP contribution in [0.3, 0.4) is 0 Å². The molecular formula is C11H23N3O. The SMILES string of the molecule is CCN=C(NCC)N(C)CC1CCOC1. The second-order valence-corrected chi connectivity index (χ2v) is 3.94. The van der Waals surface area contributed by atoms with Crippen molar-refractivity contribution >= 4 is 5.96 Å². The van der Waals surface area contributed by atoms with E-state index in [-0.39, 0.29) is 0 Å². The number of guanidine groups is 1. The molecule has 0 aromatic heterocycles. The van der Waals surface area contributed by atoms with E-state index in [1.807, 2.05) is 0 Å². The molecule has 0 aliphatic carbocycles. The Labute approximate surface area is 92.7 Å². The lowest BCUT2D eigenvalue weighted by atomic mass is 10.1. The van der Waals surface area contributed by atoms with Crippen LogP contribution in [0.25, 0.3) is 0 Å². The molecule has 1 aliphatic rings. The van der Waals surface area contributed by atoms with Crippen LogP contribution in [0.2, 0.25) is 0 Å². The van der Waals surface area contributed by atoms with Gasteiger partial charge in [-0.1, -0.05) is 0 Å². The molecule has 0 bridgehead atoms. The van der Waals surface area contributed by atoms with Gasteiger partial charge in [-0.3, -0.25) is 4.99 Å². The average molecular weight is 213 g/mol. The van der Waals surface area contributed by atoms with Crippen molar-refractivity contribution in [2.45, 2.75) is 20.3 Å². The maximum Gasteiger partial charge on any atom is 0.193 e. The largest absolute Gasteiger partial charge is 0.381 e. The third kappa shape index (κ3) is 4.08. The molecule has 1 rings (SSSR count). The maximum absolute atomic E-state index is 5.37. The molecule has 0 spiro atoms. The Morgan fingerprint density at radius 1 is 1.53 bits per heavy atom. The highest BCUT2D eigenvalue weighted by Crippen LogP contribution is 2.13. The Morgan fingerprint density at radius 2 is 2.33 bits per heavy atom. The van der Waals surface area contributed by atoms with Crippen molar-refractivity contribution in [3.05, 3.63) is 0 Å². The molecule has 0 amide bonds. The van der Waals surface area contributed by atoms with Crippen LogP contribution in [0, 0.1) is 5.92 Å². The topological polar surface area (TPSA) is 36.9 Å². The lowest BCUT2D eigenvalue weighted by Gasteiger charge is -2.24. The zero-order valence-corrected chi connectivity index (χ0v) is 10.1. The third-order valence-corrected chi connectivity index (χ3v) is 2.56. The quantitative estimate of drug-likeness (QED) is 0.558. The van der Waals surface area contributed by atoms with E-state index in [0.717, 1.165) is 38.8 Å². The van der Waals surface area contributed by atoms with E-state index in [1.54, 1.807) is 0 Å². The molecule has 1 fully saturated rings. The highest BCUT2D eigenvalue weighted by atomic mass is 16.5. The number of rotatable bonds is 4. The van der Waals surface area contributed by atoms with E-state index in [2.05, 4.69) is 36.1 Å². The van der Waals surface area contributed by atoms with Gasteiger partial charge in [0.05, 0.1) is 6.61 Å². The first kappa shape index (κ1) is 12.3. The Balaban J connectivity index is 2.40. The molecule has 1 unspecified atom stereocenters. The third-order valence-electron chi connectivity index (χ3n) is 2.56. The normalized spacial score (nSPS) is 21.8. The van der Waals surface area contributed by atoms with Crippen molar-refractivity contribution < 1.29 is 4.74 Å². The molecule has 1 atom stereocenters. The van der Waals surface area contributed by atoms with E-state index < -0.39 is 0 Å². The van der Waals surface area contributed by atoms with Gasteiger partial charge in [-0.2, -0.15) is 0 Å². The van der Waals surface area contributed by atoms with Crippen LogP contribution in [0.4, 0.5) is 0 Å². The predicted molar refractivity (Wildman–Crippen MR) is 63.2 cm³/mol. The van der Waals surface area contributed by atoms with Crippen molar-refractivity contribution in [3.8, 4) is 0 Å². The number of nitrogens with one attached hydrogen (secondary N) is 1. The highest BCUT2D eigenvalue weighted by Gasteiger charge is 2.18. The van der Waals surface area contributed by atoms with Gasteiger partial charge < -0.3 is 15.0 Å². The number of aliphatic imine (C=N–C) groups is 1. The van der Waals surface area contributed by atoms with Gasteiger partial charge in [0, 0.05) is 39.2 Å². The first-order valence-corrected chi connectivity index (χ1v) is 5.85. The standard InChI is InChI=1S/C11H23N3O/c1-4-12-11(13-5-2)14(3)8-10-6-7-15-9-10/h10H,4-9H2,1-3H3,(H,12,13). The summed E-state index contributed by atoms with van der Waals surface area (Å²) in [5, 5.41) is 3.29. The number of hydrogen-bond acceptors (Lipinski definition) is 2. The average Bonchev–Trinajstić information content (AvgIpc) is 2.70. The van der Waals surface area contributed by atoms with Crippen molar-refractivity contribution in [2.75, 3.05) is 39.9 Å². The fourth-order valence-electron chi connectivity index (χ4n) is 1.82. The molecule has 15 heavy (non-hydrogen) atoms. The van der Waals surface area contributed by atoms with Crippen molar-refractivity contribution in [3.63, 3.8) is 0 Å². The Morgan fingerprint density at radius 3 is 2.87 bits per heavy atom. The van der Waals surface area contributed by atoms with Crippen molar-refractivity contribution in [2.24, 2.45) is 10.9 Å². The summed E-state index contributed by atoms with van der Waals surface area (Å²) in [6.07, 6.45) is 1.18. The first-order chi connectivity index (χ1) is 7.27. The van der Waals surface area contributed by atoms with Gasteiger partial charge in [-0.25, -0.2) is 0 Å². The molecule has 1 aliphatic heterocycles. The molecule has 4 nitrogen and oxygen atoms in total. The molecule has 88 valence electrons. The summed E-state index contributed by atoms with van der Waals surface area (Å²) in [6.45, 7) is 8.75. The van der Waals surface area contributed by atoms with Gasteiger partial charge in [0.15, 0.2) is 5.96 Å². The van der Waals surface area contributed by atoms with E-state index in [0.29, 0.717) is 5.92 Å². The number of hydrogen-bond donors (Lipinski definition) is 1. The molecule has 0 aromatic carbocycles. The van der Waals surface area contributed by atoms with Gasteiger partial charge >= 0.3 is 0 Å². The predicted octanol–water partition coefficient (Wildman–Crippen LogP) is 0.940. The minimum Gasteiger partial charge on any atom is -0.381 e. The second kappa shape index (κ2) is 6.67. The van der Waals surface area contributed by atoms with Crippen LogP contribution >= 0.6 is 0 Å². The molecular weight excluding hydrogens is 190 g/mol. The first-order valence-electron chi connectivity index (χ1n) is 5.85. The van der Waals surface area contributed by atoms with Crippen molar-refractivity contribution in [1.29, 1.82) is 0 Å². The van der Waals surface area contributed by atoms with E-state index >= 15 is 0 Å². The monoisotopic (exact) mass is 213 g/mol. The number of nitrogens with zero attached hydrogens (tertiary/aromatic N) is 2. The van der Waals surface area contributed by atoms with Crippen LogP contribution in [0.1, 0.15) is 20.3 Å². The zero-order valence-electron chi connectivity index (χ0n) is 10.1. The van der Waals surface area contributed by atoms with Gasteiger partial charge in [-0.05, 0) is 20.3 Å². The van der Waals surface area contributed by atoms with E-state index in [1.165, 1.54) is 6.42 Å². The zero-order chi connectivity index (χ0) is 11.1. The summed E-state index contributed by atoms with van der Waals surface area (Å²) < 4.78 is 5.37. The van der Waals surface area contributed by atoms with Gasteiger partial charge in [0.25, 0.3) is 0 Å². The van der Waals surface area contributed by atoms with E-state index in [4.69, 9.17) is 4.74 Å². The summed E-state index contributed by atoms with van der Waals surface area (Å²) in [5.74, 6) is 1.67. The Kier molecular flexibility index (Phi) is 5.47. The molecule has 0 saturated carbocycles. The minimum absolute atomic E-state index is 0.663. The molecule has 1 saturated heterocycles. The lowest BCUT2D eigenvalue weighted by molar-refractivity contribution is 0.181. The van der Waals surface area contributed by atoms with Gasteiger partial charge in [-0.15, -0.1) is 0 Å². The van der Waals surface area contributed by atoms with E-state index in [9.17, 15) is 0 Å². The Bertz CT molecular complexity index is 200. The van der Waals surface area contributed by atoms with Crippen LogP contribution < -0.4 is 5.32 Å². The molecule has 1 heterocycles. The van der Waals surface area contributed by atoms with Gasteiger partial charge in [0.1, 0.15) is 0 Å². The van der Waals surface area contributed by atoms with Crippen LogP contribution in [0.15, 0.2) is 4.99 Å². The Hall–Kier alpha value is -0.770. The van der Waals surface area contributed by atoms with Crippen LogP contribution in [-0.4, -0.2) is 50.8 Å². The summed E-state index contributed by atoms with van der Waals surface area (Å²) >= 11 is 0.